The maximum absolute atomic E-state index is 7.19. The van der Waals surface area contributed by atoms with Crippen molar-refractivity contribution < 1.29 is 4.42 Å². The SMILES string of the molecule is c1ccc(-c2ccc(N(c3ccc4c(c3)oc3c(-c5ccc6c7ccccc7c7ccccc7c6c5)c5ccccc5cc34)c3cc4ccccc4c4ccccc34)cc2)cc1. The van der Waals surface area contributed by atoms with Gasteiger partial charge in [-0.05, 0) is 118 Å². The number of furan rings is 1. The summed E-state index contributed by atoms with van der Waals surface area (Å²) in [5.74, 6) is 0. The highest BCUT2D eigenvalue weighted by Crippen LogP contribution is 2.47. The third-order valence-corrected chi connectivity index (χ3v) is 13.0. The molecule has 1 aromatic heterocycles. The fourth-order valence-corrected chi connectivity index (χ4v) is 10.1. The van der Waals surface area contributed by atoms with E-state index in [1.54, 1.807) is 0 Å². The number of fused-ring (bicyclic) bond motifs is 13. The van der Waals surface area contributed by atoms with Crippen LogP contribution in [-0.2, 0) is 0 Å². The van der Waals surface area contributed by atoms with Gasteiger partial charge in [-0.2, -0.15) is 0 Å². The summed E-state index contributed by atoms with van der Waals surface area (Å²) in [6, 6.07) is 81.7. The van der Waals surface area contributed by atoms with Crippen LogP contribution < -0.4 is 4.90 Å². The Bertz CT molecular complexity index is 3880. The van der Waals surface area contributed by atoms with Crippen molar-refractivity contribution in [2.24, 2.45) is 0 Å². The first-order valence-electron chi connectivity index (χ1n) is 21.3. The summed E-state index contributed by atoms with van der Waals surface area (Å²) in [4.78, 5) is 2.40. The van der Waals surface area contributed by atoms with Crippen LogP contribution in [0.5, 0.6) is 0 Å². The van der Waals surface area contributed by atoms with Crippen LogP contribution in [0.1, 0.15) is 0 Å². The minimum absolute atomic E-state index is 0.849. The molecule has 0 fully saturated rings. The van der Waals surface area contributed by atoms with Gasteiger partial charge in [-0.1, -0.05) is 176 Å². The Morgan fingerprint density at radius 1 is 0.274 bits per heavy atom. The summed E-state index contributed by atoms with van der Waals surface area (Å²) >= 11 is 0. The van der Waals surface area contributed by atoms with E-state index in [-0.39, 0.29) is 0 Å². The fourth-order valence-electron chi connectivity index (χ4n) is 10.1. The van der Waals surface area contributed by atoms with Crippen LogP contribution in [0.25, 0.3) is 109 Å². The Morgan fingerprint density at radius 2 is 0.758 bits per heavy atom. The summed E-state index contributed by atoms with van der Waals surface area (Å²) in [5, 5.41) is 17.0. The summed E-state index contributed by atoms with van der Waals surface area (Å²) in [6.07, 6.45) is 0. The van der Waals surface area contributed by atoms with Crippen molar-refractivity contribution in [2.75, 3.05) is 4.90 Å². The highest BCUT2D eigenvalue weighted by atomic mass is 16.3. The van der Waals surface area contributed by atoms with E-state index in [1.165, 1.54) is 75.8 Å². The van der Waals surface area contributed by atoms with Crippen LogP contribution in [0.2, 0.25) is 0 Å². The number of nitrogens with zero attached hydrogens (tertiary/aromatic N) is 1. The van der Waals surface area contributed by atoms with Crippen LogP contribution in [0.15, 0.2) is 229 Å². The van der Waals surface area contributed by atoms with E-state index >= 15 is 0 Å². The minimum Gasteiger partial charge on any atom is -0.455 e. The summed E-state index contributed by atoms with van der Waals surface area (Å²) < 4.78 is 7.19. The molecule has 12 aromatic carbocycles. The largest absolute Gasteiger partial charge is 0.455 e. The maximum atomic E-state index is 7.19. The molecule has 0 unspecified atom stereocenters. The van der Waals surface area contributed by atoms with E-state index < -0.39 is 0 Å². The number of rotatable bonds is 5. The van der Waals surface area contributed by atoms with Crippen molar-refractivity contribution in [1.82, 2.24) is 0 Å². The summed E-state index contributed by atoms with van der Waals surface area (Å²) in [6.45, 7) is 0. The molecule has 0 N–H and O–H groups in total. The third kappa shape index (κ3) is 5.30. The predicted octanol–water partition coefficient (Wildman–Crippen LogP) is 17.3. The van der Waals surface area contributed by atoms with Crippen LogP contribution in [0, 0.1) is 0 Å². The summed E-state index contributed by atoms with van der Waals surface area (Å²) in [7, 11) is 0. The van der Waals surface area contributed by atoms with Gasteiger partial charge in [0.2, 0.25) is 0 Å². The van der Waals surface area contributed by atoms with Crippen LogP contribution >= 0.6 is 0 Å². The number of benzene rings is 12. The Labute approximate surface area is 358 Å². The molecule has 0 aliphatic heterocycles. The van der Waals surface area contributed by atoms with E-state index in [4.69, 9.17) is 4.42 Å². The second-order valence-electron chi connectivity index (χ2n) is 16.4. The van der Waals surface area contributed by atoms with E-state index in [1.807, 2.05) is 0 Å². The molecular weight excluding hydrogens is 751 g/mol. The zero-order chi connectivity index (χ0) is 40.7. The Hall–Kier alpha value is -8.20. The van der Waals surface area contributed by atoms with Crippen molar-refractivity contribution in [3.8, 4) is 22.3 Å². The number of hydrogen-bond donors (Lipinski definition) is 0. The predicted molar refractivity (Wildman–Crippen MR) is 264 cm³/mol. The van der Waals surface area contributed by atoms with Gasteiger partial charge in [0, 0.05) is 39.2 Å². The molecule has 0 saturated carbocycles. The molecule has 0 saturated heterocycles. The highest BCUT2D eigenvalue weighted by Gasteiger charge is 2.22. The van der Waals surface area contributed by atoms with Crippen molar-refractivity contribution in [3.63, 3.8) is 0 Å². The van der Waals surface area contributed by atoms with E-state index in [2.05, 4.69) is 229 Å². The van der Waals surface area contributed by atoms with Crippen molar-refractivity contribution in [1.29, 1.82) is 0 Å². The zero-order valence-electron chi connectivity index (χ0n) is 33.7. The van der Waals surface area contributed by atoms with Gasteiger partial charge < -0.3 is 9.32 Å². The Kier molecular flexibility index (Phi) is 7.64. The molecule has 0 aliphatic carbocycles. The molecule has 2 heteroatoms. The molecule has 0 bridgehead atoms. The van der Waals surface area contributed by atoms with Gasteiger partial charge >= 0.3 is 0 Å². The Morgan fingerprint density at radius 3 is 1.45 bits per heavy atom. The van der Waals surface area contributed by atoms with Crippen molar-refractivity contribution in [3.05, 3.63) is 224 Å². The smallest absolute Gasteiger partial charge is 0.143 e. The second kappa shape index (κ2) is 13.7. The van der Waals surface area contributed by atoms with Crippen LogP contribution in [0.4, 0.5) is 17.1 Å². The molecule has 13 rings (SSSR count). The normalized spacial score (nSPS) is 11.9. The fraction of sp³-hybridized carbons (Fsp3) is 0. The molecule has 62 heavy (non-hydrogen) atoms. The maximum Gasteiger partial charge on any atom is 0.143 e. The quantitative estimate of drug-likeness (QED) is 0.162. The van der Waals surface area contributed by atoms with Crippen LogP contribution in [-0.4, -0.2) is 0 Å². The van der Waals surface area contributed by atoms with Gasteiger partial charge in [0.15, 0.2) is 0 Å². The first-order valence-corrected chi connectivity index (χ1v) is 21.3. The van der Waals surface area contributed by atoms with Gasteiger partial charge in [0.25, 0.3) is 0 Å². The molecule has 13 aromatic rings. The van der Waals surface area contributed by atoms with Crippen molar-refractivity contribution in [2.45, 2.75) is 0 Å². The molecule has 0 radical (unpaired) electrons. The average Bonchev–Trinajstić information content (AvgIpc) is 3.71. The molecule has 2 nitrogen and oxygen atoms in total. The summed E-state index contributed by atoms with van der Waals surface area (Å²) in [5.41, 5.74) is 9.59. The lowest BCUT2D eigenvalue weighted by molar-refractivity contribution is 0.670. The monoisotopic (exact) mass is 787 g/mol. The van der Waals surface area contributed by atoms with Crippen molar-refractivity contribution >= 4 is 104 Å². The molecule has 0 amide bonds. The van der Waals surface area contributed by atoms with E-state index in [0.29, 0.717) is 0 Å². The van der Waals surface area contributed by atoms with Gasteiger partial charge in [0.05, 0.1) is 5.69 Å². The molecule has 288 valence electrons. The lowest BCUT2D eigenvalue weighted by Gasteiger charge is -2.27. The van der Waals surface area contributed by atoms with Gasteiger partial charge in [0.1, 0.15) is 11.2 Å². The standard InChI is InChI=1S/C60H37NO/c1-2-14-38(15-3-1)39-26-29-43(30-27-39)61(57-36-41-17-4-6-18-45(41)47-20-12-13-25-53(47)57)44-31-33-54-56-34-40-16-5-7-19-46(40)59(60(56)62-58(54)37-44)42-28-32-52-50-23-9-8-21-48(50)49-22-10-11-24-51(49)55(52)35-42/h1-37H. The Balaban J connectivity index is 1.05. The third-order valence-electron chi connectivity index (χ3n) is 13.0. The molecule has 1 heterocycles. The average molecular weight is 788 g/mol. The highest BCUT2D eigenvalue weighted by molar-refractivity contribution is 6.27. The molecular formula is C60H37NO. The van der Waals surface area contributed by atoms with Gasteiger partial charge in [-0.3, -0.25) is 0 Å². The topological polar surface area (TPSA) is 16.4 Å². The molecule has 0 aliphatic rings. The molecule has 0 spiro atoms. The minimum atomic E-state index is 0.849. The first kappa shape index (κ1) is 34.6. The molecule has 0 atom stereocenters. The number of hydrogen-bond acceptors (Lipinski definition) is 2. The van der Waals surface area contributed by atoms with E-state index in [9.17, 15) is 0 Å². The lowest BCUT2D eigenvalue weighted by Crippen LogP contribution is -2.10. The van der Waals surface area contributed by atoms with Gasteiger partial charge in [-0.15, -0.1) is 0 Å². The second-order valence-corrected chi connectivity index (χ2v) is 16.4. The number of anilines is 3. The van der Waals surface area contributed by atoms with Gasteiger partial charge in [-0.25, -0.2) is 0 Å². The zero-order valence-corrected chi connectivity index (χ0v) is 33.7. The van der Waals surface area contributed by atoms with Crippen LogP contribution in [0.3, 0.4) is 0 Å². The lowest BCUT2D eigenvalue weighted by atomic mass is 9.90. The van der Waals surface area contributed by atoms with E-state index in [0.717, 1.165) is 50.1 Å². The first-order chi connectivity index (χ1) is 30.7.